The number of hydrogen-bond acceptors (Lipinski definition) is 5. The molecule has 3 aliphatic carbocycles. The molecule has 5 nitrogen and oxygen atoms in total. The van der Waals surface area contributed by atoms with E-state index in [4.69, 9.17) is 14.1 Å². The van der Waals surface area contributed by atoms with Gasteiger partial charge in [0.2, 0.25) is 0 Å². The molecular formula is C64H104BNO4. The molecule has 0 spiro atoms. The first-order valence-corrected chi connectivity index (χ1v) is 29.7. The molecule has 0 aromatic heterocycles. The summed E-state index contributed by atoms with van der Waals surface area (Å²) in [6.45, 7) is 25.8. The van der Waals surface area contributed by atoms with Crippen LogP contribution < -0.4 is 5.48 Å². The summed E-state index contributed by atoms with van der Waals surface area (Å²) in [6, 6.07) is 12.7. The Morgan fingerprint density at radius 3 is 1.44 bits per heavy atom. The van der Waals surface area contributed by atoms with Crippen LogP contribution in [0.3, 0.4) is 0 Å². The Balaban J connectivity index is 1.50. The van der Waals surface area contributed by atoms with E-state index in [2.05, 4.69) is 103 Å². The van der Waals surface area contributed by atoms with Crippen molar-refractivity contribution in [2.45, 2.75) is 308 Å². The second-order valence-corrected chi connectivity index (χ2v) is 25.0. The number of allylic oxidation sites excluding steroid dienone is 4. The Bertz CT molecular complexity index is 1970. The number of hydrogen-bond donors (Lipinski definition) is 2. The van der Waals surface area contributed by atoms with Gasteiger partial charge < -0.3 is 14.4 Å². The van der Waals surface area contributed by atoms with E-state index in [1.165, 1.54) is 208 Å². The summed E-state index contributed by atoms with van der Waals surface area (Å²) in [5.41, 5.74) is 14.0. The van der Waals surface area contributed by atoms with Crippen molar-refractivity contribution in [2.24, 2.45) is 0 Å². The second kappa shape index (κ2) is 25.2. The molecule has 0 saturated carbocycles. The molecule has 70 heavy (non-hydrogen) atoms. The van der Waals surface area contributed by atoms with E-state index in [-0.39, 0.29) is 35.0 Å². The maximum Gasteiger partial charge on any atom is 0.465 e. The van der Waals surface area contributed by atoms with Crippen molar-refractivity contribution in [1.29, 1.82) is 0 Å². The maximum atomic E-state index is 11.1. The fourth-order valence-corrected chi connectivity index (χ4v) is 12.6. The highest BCUT2D eigenvalue weighted by Crippen LogP contribution is 2.62. The normalized spacial score (nSPS) is 19.4. The summed E-state index contributed by atoms with van der Waals surface area (Å²) < 4.78 is 13.8. The van der Waals surface area contributed by atoms with Gasteiger partial charge in [-0.3, -0.25) is 10.3 Å². The Labute approximate surface area is 431 Å². The number of benzene rings is 2. The van der Waals surface area contributed by atoms with Crippen LogP contribution in [0, 0.1) is 0 Å². The van der Waals surface area contributed by atoms with Crippen LogP contribution in [0.4, 0.5) is 5.69 Å². The molecule has 2 aromatic carbocycles. The lowest BCUT2D eigenvalue weighted by Gasteiger charge is -2.38. The number of rotatable bonds is 33. The predicted molar refractivity (Wildman–Crippen MR) is 302 cm³/mol. The van der Waals surface area contributed by atoms with Gasteiger partial charge in [0.05, 0.1) is 22.5 Å². The number of nitrogens with one attached hydrogen (secondary N) is 1. The van der Waals surface area contributed by atoms with Crippen molar-refractivity contribution < 1.29 is 19.3 Å². The molecule has 2 aromatic rings. The minimum Gasteiger partial charge on any atom is -0.403 e. The van der Waals surface area contributed by atoms with Gasteiger partial charge in [-0.2, -0.15) is 0 Å². The van der Waals surface area contributed by atoms with E-state index in [1.807, 2.05) is 27.7 Å². The lowest BCUT2D eigenvalue weighted by molar-refractivity contribution is -0.130. The van der Waals surface area contributed by atoms with Gasteiger partial charge >= 0.3 is 7.12 Å². The molecule has 4 aliphatic rings. The van der Waals surface area contributed by atoms with Gasteiger partial charge in [0.25, 0.3) is 0 Å². The van der Waals surface area contributed by atoms with Crippen LogP contribution in [-0.2, 0) is 25.0 Å². The zero-order chi connectivity index (χ0) is 50.6. The van der Waals surface area contributed by atoms with Crippen LogP contribution >= 0.6 is 0 Å². The zero-order valence-corrected chi connectivity index (χ0v) is 47.4. The van der Waals surface area contributed by atoms with Crippen LogP contribution in [0.2, 0.25) is 5.82 Å². The number of aliphatic hydroxyl groups is 1. The quantitative estimate of drug-likeness (QED) is 0.0424. The van der Waals surface area contributed by atoms with Crippen LogP contribution in [0.1, 0.15) is 292 Å². The summed E-state index contributed by atoms with van der Waals surface area (Å²) >= 11 is 0. The first-order valence-electron chi connectivity index (χ1n) is 29.7. The Morgan fingerprint density at radius 2 is 0.971 bits per heavy atom. The Morgan fingerprint density at radius 1 is 0.557 bits per heavy atom. The average Bonchev–Trinajstić information content (AvgIpc) is 3.83. The zero-order valence-electron chi connectivity index (χ0n) is 47.4. The van der Waals surface area contributed by atoms with E-state index in [1.54, 1.807) is 16.7 Å². The lowest BCUT2D eigenvalue weighted by atomic mass is 9.61. The smallest absolute Gasteiger partial charge is 0.403 e. The van der Waals surface area contributed by atoms with E-state index < -0.39 is 11.2 Å². The SMILES string of the molecule is CCCCCCCCC1(CCCCCCCC)C2=C(C=CC(B3OC(C)(C)C(C)(C)O3)C2)c2cc3c(cc21)-c1ccc(NOC(C)(C)C(C)(C)O)cc1C3(CCCCCCCC)CCCCCCCC. The minimum atomic E-state index is -1.02. The first-order chi connectivity index (χ1) is 33.4. The molecule has 1 heterocycles. The van der Waals surface area contributed by atoms with Gasteiger partial charge in [0.1, 0.15) is 5.60 Å². The molecule has 1 saturated heterocycles. The number of unbranched alkanes of at least 4 members (excludes halogenated alkanes) is 20. The van der Waals surface area contributed by atoms with Crippen molar-refractivity contribution in [2.75, 3.05) is 5.48 Å². The van der Waals surface area contributed by atoms with Crippen LogP contribution in [0.25, 0.3) is 16.7 Å². The van der Waals surface area contributed by atoms with Crippen LogP contribution in [0.15, 0.2) is 48.1 Å². The third-order valence-corrected chi connectivity index (χ3v) is 18.5. The monoisotopic (exact) mass is 962 g/mol. The molecule has 2 N–H and O–H groups in total. The minimum absolute atomic E-state index is 0.0101. The van der Waals surface area contributed by atoms with Gasteiger partial charge in [0, 0.05) is 16.6 Å². The van der Waals surface area contributed by atoms with Crippen molar-refractivity contribution in [3.63, 3.8) is 0 Å². The highest BCUT2D eigenvalue weighted by molar-refractivity contribution is 6.48. The maximum absolute atomic E-state index is 11.1. The van der Waals surface area contributed by atoms with Gasteiger partial charge in [-0.1, -0.05) is 206 Å². The fourth-order valence-electron chi connectivity index (χ4n) is 12.6. The Hall–Kier alpha value is -2.38. The van der Waals surface area contributed by atoms with Crippen molar-refractivity contribution in [3.05, 3.63) is 70.3 Å². The molecule has 1 atom stereocenters. The summed E-state index contributed by atoms with van der Waals surface area (Å²) in [6.07, 6.45) is 42.1. The summed E-state index contributed by atoms with van der Waals surface area (Å²) in [7, 11) is -0.250. The third-order valence-electron chi connectivity index (χ3n) is 18.5. The lowest BCUT2D eigenvalue weighted by Crippen LogP contribution is -2.48. The summed E-state index contributed by atoms with van der Waals surface area (Å²) in [5.74, 6) is 0.184. The molecule has 392 valence electrons. The standard InChI is InChI=1S/C64H104BNO4/c1-13-17-21-25-29-33-41-63(42-34-30-26-22-18-14-2)55-45-49(65-68-61(9,10)62(11,12)69-65)37-39-51(55)53-47-58-54(48-57(53)63)52-40-38-50(66-70-60(7,8)59(5,6)67)46-56(52)64(58,43-35-31-27-23-19-15-3)44-36-32-28-24-20-16-4/h37-40,46-49,66-67H,13-36,41-45H2,1-12H3. The molecular weight excluding hydrogens is 858 g/mol. The highest BCUT2D eigenvalue weighted by Gasteiger charge is 2.56. The van der Waals surface area contributed by atoms with Crippen molar-refractivity contribution >= 4 is 18.4 Å². The van der Waals surface area contributed by atoms with E-state index in [0.29, 0.717) is 0 Å². The molecule has 0 bridgehead atoms. The number of anilines is 1. The van der Waals surface area contributed by atoms with Crippen LogP contribution in [-0.4, -0.2) is 34.6 Å². The van der Waals surface area contributed by atoms with Crippen molar-refractivity contribution in [1.82, 2.24) is 0 Å². The van der Waals surface area contributed by atoms with Gasteiger partial charge in [0.15, 0.2) is 0 Å². The van der Waals surface area contributed by atoms with Crippen LogP contribution in [0.5, 0.6) is 0 Å². The topological polar surface area (TPSA) is 60.0 Å². The number of fused-ring (bicyclic) bond motifs is 5. The molecule has 6 rings (SSSR count). The molecule has 0 radical (unpaired) electrons. The van der Waals surface area contributed by atoms with Gasteiger partial charge in [-0.05, 0) is 151 Å². The molecule has 0 amide bonds. The third kappa shape index (κ3) is 12.9. The molecule has 1 unspecified atom stereocenters. The molecule has 6 heteroatoms. The first kappa shape index (κ1) is 56.9. The average molecular weight is 962 g/mol. The van der Waals surface area contributed by atoms with Gasteiger partial charge in [-0.25, -0.2) is 0 Å². The predicted octanol–water partition coefficient (Wildman–Crippen LogP) is 19.3. The van der Waals surface area contributed by atoms with Gasteiger partial charge in [-0.15, -0.1) is 0 Å². The van der Waals surface area contributed by atoms with E-state index in [9.17, 15) is 5.11 Å². The van der Waals surface area contributed by atoms with E-state index >= 15 is 0 Å². The molecule has 1 aliphatic heterocycles. The second-order valence-electron chi connectivity index (χ2n) is 25.0. The Kier molecular flexibility index (Phi) is 20.5. The largest absolute Gasteiger partial charge is 0.465 e. The van der Waals surface area contributed by atoms with E-state index in [0.717, 1.165) is 12.1 Å². The summed E-state index contributed by atoms with van der Waals surface area (Å²) in [5, 5.41) is 11.1. The fraction of sp³-hybridized carbons (Fsp3) is 0.750. The highest BCUT2D eigenvalue weighted by atomic mass is 16.7. The molecule has 1 fully saturated rings. The van der Waals surface area contributed by atoms with Crippen molar-refractivity contribution in [3.8, 4) is 11.1 Å². The summed E-state index contributed by atoms with van der Waals surface area (Å²) in [4.78, 5) is 6.38.